The third-order valence-electron chi connectivity index (χ3n) is 5.31. The largest absolute Gasteiger partial charge is 0.595 e. The number of hydrogen-bond donors (Lipinski definition) is 1. The van der Waals surface area contributed by atoms with E-state index < -0.39 is 53.0 Å². The fourth-order valence-electron chi connectivity index (χ4n) is 3.90. The number of fused-ring (bicyclic) bond motifs is 1. The topological polar surface area (TPSA) is 139 Å². The smallest absolute Gasteiger partial charge is 0.433 e. The molecule has 13 heteroatoms. The molecule has 3 rings (SSSR count). The number of aromatic nitrogens is 2. The molecule has 0 aliphatic heterocycles. The lowest BCUT2D eigenvalue weighted by Crippen LogP contribution is -2.35. The Kier molecular flexibility index (Phi) is 8.40. The van der Waals surface area contributed by atoms with Gasteiger partial charge in [0.1, 0.15) is 29.1 Å². The van der Waals surface area contributed by atoms with Crippen molar-refractivity contribution in [2.75, 3.05) is 7.11 Å². The first-order valence-electron chi connectivity index (χ1n) is 12.2. The minimum absolute atomic E-state index is 0.0556. The molecule has 0 unspecified atom stereocenters. The third-order valence-corrected chi connectivity index (χ3v) is 5.31. The van der Waals surface area contributed by atoms with Crippen LogP contribution in [0, 0.1) is 0 Å². The zero-order chi connectivity index (χ0) is 30.2. The molecular weight excluding hydrogens is 535 g/mol. The van der Waals surface area contributed by atoms with Crippen molar-refractivity contribution in [2.24, 2.45) is 4.99 Å². The molecule has 0 aliphatic carbocycles. The molecule has 0 saturated heterocycles. The van der Waals surface area contributed by atoms with Gasteiger partial charge in [-0.1, -0.05) is 20.8 Å². The standard InChI is InChI=1S/C27H32F3N3O7/c1-13(39-25(2,3)4)18(33-24(36)40-26(5,6)7)21-20(23(34)35)32-22(38-21)15-9-11-16(37-8)19-14(15)10-12-17(31-19)27(28,29)30/h9-13,18H,1-8H3,(H,33,36)(H,34,35)/p-1/t13-,18+/m1/s1. The second-order valence-electron chi connectivity index (χ2n) is 10.9. The molecule has 0 aliphatic rings. The second-order valence-corrected chi connectivity index (χ2v) is 10.9. The average molecular weight is 567 g/mol. The van der Waals surface area contributed by atoms with Crippen molar-refractivity contribution in [1.29, 1.82) is 0 Å². The molecule has 1 aromatic carbocycles. The van der Waals surface area contributed by atoms with E-state index in [1.807, 2.05) is 0 Å². The van der Waals surface area contributed by atoms with Crippen LogP contribution >= 0.6 is 0 Å². The van der Waals surface area contributed by atoms with E-state index in [4.69, 9.17) is 18.6 Å². The number of carboxylic acids is 1. The minimum atomic E-state index is -4.71. The van der Waals surface area contributed by atoms with E-state index in [9.17, 15) is 28.2 Å². The van der Waals surface area contributed by atoms with Crippen molar-refractivity contribution >= 4 is 23.0 Å². The predicted molar refractivity (Wildman–Crippen MR) is 137 cm³/mol. The Bertz CT molecular complexity index is 1420. The van der Waals surface area contributed by atoms with Gasteiger partial charge in [-0.15, -0.1) is 0 Å². The van der Waals surface area contributed by atoms with Crippen molar-refractivity contribution in [3.8, 4) is 17.2 Å². The fourth-order valence-corrected chi connectivity index (χ4v) is 3.90. The van der Waals surface area contributed by atoms with Crippen LogP contribution in [-0.2, 0) is 15.7 Å². The van der Waals surface area contributed by atoms with Crippen LogP contribution in [0.3, 0.4) is 0 Å². The number of nitrogens with zero attached hydrogens (tertiary/aromatic N) is 3. The summed E-state index contributed by atoms with van der Waals surface area (Å²) in [5.41, 5.74) is -3.27. The molecule has 3 aromatic rings. The molecule has 0 fully saturated rings. The van der Waals surface area contributed by atoms with Crippen LogP contribution < -0.4 is 9.84 Å². The quantitative estimate of drug-likeness (QED) is 0.294. The molecule has 40 heavy (non-hydrogen) atoms. The van der Waals surface area contributed by atoms with Gasteiger partial charge in [-0.2, -0.15) is 13.2 Å². The lowest BCUT2D eigenvalue weighted by molar-refractivity contribution is -0.261. The highest BCUT2D eigenvalue weighted by Crippen LogP contribution is 2.39. The predicted octanol–water partition coefficient (Wildman–Crippen LogP) is 5.39. The minimum Gasteiger partial charge on any atom is -0.595 e. The number of pyridine rings is 1. The number of ether oxygens (including phenoxy) is 3. The maximum Gasteiger partial charge on any atom is 0.433 e. The monoisotopic (exact) mass is 566 g/mol. The lowest BCUT2D eigenvalue weighted by atomic mass is 10.1. The van der Waals surface area contributed by atoms with Crippen LogP contribution in [0.25, 0.3) is 22.4 Å². The zero-order valence-corrected chi connectivity index (χ0v) is 23.3. The average Bonchev–Trinajstić information content (AvgIpc) is 3.23. The summed E-state index contributed by atoms with van der Waals surface area (Å²) in [6.45, 7) is 11.8. The summed E-state index contributed by atoms with van der Waals surface area (Å²) in [7, 11) is 1.28. The maximum atomic E-state index is 13.3. The molecule has 0 spiro atoms. The number of alkyl halides is 3. The first-order chi connectivity index (χ1) is 18.3. The molecule has 10 nitrogen and oxygen atoms in total. The van der Waals surface area contributed by atoms with Crippen molar-refractivity contribution in [1.82, 2.24) is 9.97 Å². The van der Waals surface area contributed by atoms with E-state index in [0.717, 1.165) is 6.07 Å². The summed E-state index contributed by atoms with van der Waals surface area (Å²) in [4.78, 5) is 24.1. The van der Waals surface area contributed by atoms with Gasteiger partial charge in [0.15, 0.2) is 11.5 Å². The molecular formula is C27H31F3N3O7-. The lowest BCUT2D eigenvalue weighted by Gasteiger charge is -2.32. The van der Waals surface area contributed by atoms with Crippen LogP contribution in [0.15, 0.2) is 33.7 Å². The Labute approximate surface area is 228 Å². The SMILES string of the molecule is COc1ccc(-c2nc(C(=O)O)c([C@@H](N=C([O-])OC(C)(C)C)[C@@H](C)OC(C)(C)C)o2)c2ccc(C(F)(F)F)nc12. The van der Waals surface area contributed by atoms with Crippen LogP contribution in [0.5, 0.6) is 5.75 Å². The Morgan fingerprint density at radius 1 is 1.05 bits per heavy atom. The third kappa shape index (κ3) is 7.20. The van der Waals surface area contributed by atoms with Crippen LogP contribution in [0.1, 0.15) is 76.5 Å². The Morgan fingerprint density at radius 3 is 2.23 bits per heavy atom. The summed E-state index contributed by atoms with van der Waals surface area (Å²) in [6.07, 6.45) is -6.56. The molecule has 2 aromatic heterocycles. The van der Waals surface area contributed by atoms with Gasteiger partial charge in [-0.25, -0.2) is 14.8 Å². The number of carbonyl (C=O) groups is 1. The van der Waals surface area contributed by atoms with Gasteiger partial charge in [-0.05, 0) is 52.0 Å². The highest BCUT2D eigenvalue weighted by Gasteiger charge is 2.35. The number of benzene rings is 1. The van der Waals surface area contributed by atoms with E-state index >= 15 is 0 Å². The van der Waals surface area contributed by atoms with Gasteiger partial charge < -0.3 is 28.8 Å². The van der Waals surface area contributed by atoms with E-state index in [1.165, 1.54) is 25.3 Å². The van der Waals surface area contributed by atoms with Crippen molar-refractivity contribution in [3.63, 3.8) is 0 Å². The summed E-state index contributed by atoms with van der Waals surface area (Å²) >= 11 is 0. The van der Waals surface area contributed by atoms with Gasteiger partial charge in [0.2, 0.25) is 5.89 Å². The molecule has 1 N–H and O–H groups in total. The molecule has 0 saturated carbocycles. The molecule has 2 heterocycles. The molecule has 2 atom stereocenters. The Balaban J connectivity index is 2.25. The second kappa shape index (κ2) is 11.0. The highest BCUT2D eigenvalue weighted by molar-refractivity contribution is 5.97. The van der Waals surface area contributed by atoms with E-state index in [0.29, 0.717) is 0 Å². The van der Waals surface area contributed by atoms with Crippen LogP contribution in [0.2, 0.25) is 0 Å². The number of hydrogen-bond acceptors (Lipinski definition) is 9. The summed E-state index contributed by atoms with van der Waals surface area (Å²) in [5.74, 6) is -1.96. The first kappa shape index (κ1) is 30.7. The molecule has 0 bridgehead atoms. The van der Waals surface area contributed by atoms with Gasteiger partial charge in [0.25, 0.3) is 0 Å². The Hall–Kier alpha value is -3.87. The molecule has 0 amide bonds. The number of aliphatic imine (C=N–C) groups is 1. The van der Waals surface area contributed by atoms with Gasteiger partial charge >= 0.3 is 12.1 Å². The van der Waals surface area contributed by atoms with Gasteiger partial charge in [0, 0.05) is 16.6 Å². The van der Waals surface area contributed by atoms with E-state index in [2.05, 4.69) is 15.0 Å². The molecule has 218 valence electrons. The normalized spacial score (nSPS) is 14.7. The van der Waals surface area contributed by atoms with Gasteiger partial charge in [-0.3, -0.25) is 4.99 Å². The highest BCUT2D eigenvalue weighted by atomic mass is 19.4. The van der Waals surface area contributed by atoms with E-state index in [-0.39, 0.29) is 33.9 Å². The number of rotatable bonds is 7. The van der Waals surface area contributed by atoms with Crippen molar-refractivity contribution in [3.05, 3.63) is 41.4 Å². The number of methoxy groups -OCH3 is 1. The van der Waals surface area contributed by atoms with Crippen LogP contribution in [-0.4, -0.2) is 51.5 Å². The summed E-state index contributed by atoms with van der Waals surface area (Å²) in [6, 6.07) is 3.48. The Morgan fingerprint density at radius 2 is 1.70 bits per heavy atom. The zero-order valence-electron chi connectivity index (χ0n) is 23.3. The van der Waals surface area contributed by atoms with Crippen LogP contribution in [0.4, 0.5) is 13.2 Å². The van der Waals surface area contributed by atoms with Crippen molar-refractivity contribution < 1.29 is 46.8 Å². The number of carboxylic acid groups (broad SMARTS) is 1. The van der Waals surface area contributed by atoms with E-state index in [1.54, 1.807) is 48.5 Å². The molecule has 0 radical (unpaired) electrons. The first-order valence-corrected chi connectivity index (χ1v) is 12.2. The number of aromatic carboxylic acids is 1. The number of oxazole rings is 1. The van der Waals surface area contributed by atoms with Crippen molar-refractivity contribution in [2.45, 2.75) is 78.0 Å². The summed E-state index contributed by atoms with van der Waals surface area (Å²) in [5, 5.41) is 22.8. The number of halogens is 3. The van der Waals surface area contributed by atoms with Gasteiger partial charge in [0.05, 0.1) is 18.8 Å². The fraction of sp³-hybridized carbons (Fsp3) is 0.481. The summed E-state index contributed by atoms with van der Waals surface area (Å²) < 4.78 is 62.4. The maximum absolute atomic E-state index is 13.3.